The number of aromatic nitrogens is 1. The minimum atomic E-state index is 0.0662. The highest BCUT2D eigenvalue weighted by Gasteiger charge is 2.40. The number of fused-ring (bicyclic) bond motifs is 2. The maximum atomic E-state index is 12.6. The molecule has 158 valence electrons. The number of likely N-dealkylation sites (N-methyl/N-ethyl adjacent to an activating group) is 1. The van der Waals surface area contributed by atoms with Gasteiger partial charge in [-0.3, -0.25) is 0 Å². The first kappa shape index (κ1) is 20.2. The number of benzene rings is 1. The van der Waals surface area contributed by atoms with E-state index < -0.39 is 0 Å². The summed E-state index contributed by atoms with van der Waals surface area (Å²) in [4.78, 5) is 22.7. The van der Waals surface area contributed by atoms with Crippen LogP contribution in [0.3, 0.4) is 0 Å². The molecule has 0 spiro atoms. The number of carbonyl (C=O) groups excluding carboxylic acids is 1. The molecule has 2 aromatic rings. The second-order valence-electron chi connectivity index (χ2n) is 9.03. The summed E-state index contributed by atoms with van der Waals surface area (Å²) in [5.41, 5.74) is 5.50. The average Bonchev–Trinajstić information content (AvgIpc) is 3.07. The second-order valence-corrected chi connectivity index (χ2v) is 9.03. The summed E-state index contributed by atoms with van der Waals surface area (Å²) in [7, 11) is 6.45. The average molecular weight is 398 g/mol. The van der Waals surface area contributed by atoms with Gasteiger partial charge in [0.2, 0.25) is 0 Å². The molecule has 1 aromatic heterocycles. The third-order valence-electron chi connectivity index (χ3n) is 6.73. The molecule has 0 bridgehead atoms. The number of nitrogens with one attached hydrogen (secondary N) is 2. The van der Waals surface area contributed by atoms with Gasteiger partial charge in [-0.05, 0) is 70.6 Å². The summed E-state index contributed by atoms with van der Waals surface area (Å²) >= 11 is 0. The highest BCUT2D eigenvalue weighted by molar-refractivity contribution is 5.89. The summed E-state index contributed by atoms with van der Waals surface area (Å²) in [5, 5.41) is 4.72. The monoisotopic (exact) mass is 397 g/mol. The molecule has 0 unspecified atom stereocenters. The molecule has 0 saturated carbocycles. The van der Waals surface area contributed by atoms with Crippen LogP contribution in [0.1, 0.15) is 42.9 Å². The summed E-state index contributed by atoms with van der Waals surface area (Å²) in [6.07, 6.45) is 4.29. The number of nitrogens with zero attached hydrogens (tertiary/aromatic N) is 3. The first-order chi connectivity index (χ1) is 13.9. The Morgan fingerprint density at radius 1 is 1.28 bits per heavy atom. The fourth-order valence-corrected chi connectivity index (χ4v) is 5.41. The van der Waals surface area contributed by atoms with Crippen LogP contribution in [0, 0.1) is 0 Å². The second kappa shape index (κ2) is 8.00. The molecule has 1 fully saturated rings. The number of hydrogen-bond donors (Lipinski definition) is 2. The van der Waals surface area contributed by atoms with Gasteiger partial charge in [0.25, 0.3) is 0 Å². The van der Waals surface area contributed by atoms with Crippen LogP contribution < -0.4 is 5.32 Å². The SMILES string of the molecule is CCN(CC)C(=O)N[C@H]1C[C@@H]2c3cc(CN(C)C)cc4[nH]cc(c34)C[C@H]2N(C)C1. The van der Waals surface area contributed by atoms with Gasteiger partial charge in [-0.15, -0.1) is 0 Å². The lowest BCUT2D eigenvalue weighted by molar-refractivity contribution is 0.124. The van der Waals surface area contributed by atoms with Gasteiger partial charge in [0.15, 0.2) is 0 Å². The molecule has 6 heteroatoms. The Hall–Kier alpha value is -2.05. The number of hydrogen-bond acceptors (Lipinski definition) is 3. The van der Waals surface area contributed by atoms with Gasteiger partial charge in [-0.25, -0.2) is 4.79 Å². The molecule has 2 heterocycles. The maximum Gasteiger partial charge on any atom is 0.317 e. The Morgan fingerprint density at radius 3 is 2.72 bits per heavy atom. The molecular weight excluding hydrogens is 362 g/mol. The summed E-state index contributed by atoms with van der Waals surface area (Å²) in [6.45, 7) is 7.41. The van der Waals surface area contributed by atoms with Crippen molar-refractivity contribution < 1.29 is 4.79 Å². The van der Waals surface area contributed by atoms with Crippen molar-refractivity contribution in [3.8, 4) is 0 Å². The number of likely N-dealkylation sites (tertiary alicyclic amines) is 1. The lowest BCUT2D eigenvalue weighted by Gasteiger charge is -2.46. The predicted octanol–water partition coefficient (Wildman–Crippen LogP) is 2.99. The van der Waals surface area contributed by atoms with Gasteiger partial charge in [-0.2, -0.15) is 0 Å². The molecule has 0 radical (unpaired) electrons. The first-order valence-electron chi connectivity index (χ1n) is 10.9. The van der Waals surface area contributed by atoms with Crippen molar-refractivity contribution >= 4 is 16.9 Å². The Bertz CT molecular complexity index is 885. The number of aromatic amines is 1. The fourth-order valence-electron chi connectivity index (χ4n) is 5.41. The van der Waals surface area contributed by atoms with Crippen LogP contribution in [-0.4, -0.2) is 78.6 Å². The zero-order valence-corrected chi connectivity index (χ0v) is 18.5. The van der Waals surface area contributed by atoms with E-state index in [1.54, 1.807) is 0 Å². The molecule has 1 saturated heterocycles. The Labute approximate surface area is 174 Å². The number of amides is 2. The van der Waals surface area contributed by atoms with Gasteiger partial charge in [0, 0.05) is 61.3 Å². The molecule has 2 amide bonds. The number of urea groups is 1. The molecule has 1 aliphatic carbocycles. The highest BCUT2D eigenvalue weighted by atomic mass is 16.2. The smallest absolute Gasteiger partial charge is 0.317 e. The molecule has 4 rings (SSSR count). The molecule has 6 nitrogen and oxygen atoms in total. The first-order valence-corrected chi connectivity index (χ1v) is 10.9. The van der Waals surface area contributed by atoms with E-state index in [0.717, 1.165) is 39.0 Å². The third-order valence-corrected chi connectivity index (χ3v) is 6.73. The Morgan fingerprint density at radius 2 is 2.03 bits per heavy atom. The van der Waals surface area contributed by atoms with Crippen molar-refractivity contribution in [2.45, 2.75) is 51.2 Å². The lowest BCUT2D eigenvalue weighted by Crippen LogP contribution is -2.56. The third kappa shape index (κ3) is 3.76. The number of rotatable bonds is 5. The van der Waals surface area contributed by atoms with Gasteiger partial charge in [0.1, 0.15) is 0 Å². The minimum Gasteiger partial charge on any atom is -0.361 e. The van der Waals surface area contributed by atoms with Crippen LogP contribution in [0.2, 0.25) is 0 Å². The van der Waals surface area contributed by atoms with Crippen molar-refractivity contribution in [2.75, 3.05) is 40.8 Å². The number of piperidine rings is 1. The van der Waals surface area contributed by atoms with Gasteiger partial charge >= 0.3 is 6.03 Å². The Balaban J connectivity index is 1.65. The molecule has 2 N–H and O–H groups in total. The predicted molar refractivity (Wildman–Crippen MR) is 118 cm³/mol. The summed E-state index contributed by atoms with van der Waals surface area (Å²) in [5.74, 6) is 0.448. The van der Waals surface area contributed by atoms with Gasteiger partial charge in [0.05, 0.1) is 0 Å². The quantitative estimate of drug-likeness (QED) is 0.816. The molecule has 3 atom stereocenters. The van der Waals surface area contributed by atoms with E-state index in [2.05, 4.69) is 59.6 Å². The van der Waals surface area contributed by atoms with Crippen LogP contribution >= 0.6 is 0 Å². The van der Waals surface area contributed by atoms with E-state index >= 15 is 0 Å². The summed E-state index contributed by atoms with van der Waals surface area (Å²) in [6, 6.07) is 5.46. The van der Waals surface area contributed by atoms with Crippen molar-refractivity contribution in [1.29, 1.82) is 0 Å². The molecule has 1 aromatic carbocycles. The van der Waals surface area contributed by atoms with E-state index in [1.165, 1.54) is 27.6 Å². The van der Waals surface area contributed by atoms with Crippen LogP contribution in [0.15, 0.2) is 18.3 Å². The van der Waals surface area contributed by atoms with Gasteiger partial charge in [-0.1, -0.05) is 6.07 Å². The normalized spacial score (nSPS) is 24.0. The minimum absolute atomic E-state index is 0.0662. The van der Waals surface area contributed by atoms with E-state index in [-0.39, 0.29) is 12.1 Å². The van der Waals surface area contributed by atoms with E-state index in [0.29, 0.717) is 12.0 Å². The Kier molecular flexibility index (Phi) is 5.58. The molecule has 1 aliphatic heterocycles. The molecule has 2 aliphatic rings. The van der Waals surface area contributed by atoms with E-state index in [4.69, 9.17) is 0 Å². The highest BCUT2D eigenvalue weighted by Crippen LogP contribution is 2.43. The zero-order valence-electron chi connectivity index (χ0n) is 18.5. The van der Waals surface area contributed by atoms with Crippen molar-refractivity contribution in [2.24, 2.45) is 0 Å². The summed E-state index contributed by atoms with van der Waals surface area (Å²) < 4.78 is 0. The topological polar surface area (TPSA) is 54.6 Å². The van der Waals surface area contributed by atoms with Crippen LogP contribution in [0.5, 0.6) is 0 Å². The lowest BCUT2D eigenvalue weighted by atomic mass is 9.73. The molecule has 29 heavy (non-hydrogen) atoms. The van der Waals surface area contributed by atoms with Crippen LogP contribution in [0.25, 0.3) is 10.9 Å². The fraction of sp³-hybridized carbons (Fsp3) is 0.609. The van der Waals surface area contributed by atoms with E-state index in [1.807, 2.05) is 18.7 Å². The maximum absolute atomic E-state index is 12.6. The number of H-pyrrole nitrogens is 1. The molecular formula is C23H35N5O. The van der Waals surface area contributed by atoms with E-state index in [9.17, 15) is 4.79 Å². The largest absolute Gasteiger partial charge is 0.361 e. The zero-order chi connectivity index (χ0) is 20.7. The van der Waals surface area contributed by atoms with Crippen molar-refractivity contribution in [1.82, 2.24) is 25.0 Å². The van der Waals surface area contributed by atoms with Gasteiger partial charge < -0.3 is 25.0 Å². The van der Waals surface area contributed by atoms with Crippen molar-refractivity contribution in [3.63, 3.8) is 0 Å². The number of carbonyl (C=O) groups is 1. The van der Waals surface area contributed by atoms with Crippen molar-refractivity contribution in [3.05, 3.63) is 35.0 Å². The van der Waals surface area contributed by atoms with Crippen LogP contribution in [-0.2, 0) is 13.0 Å². The standard InChI is InChI=1S/C23H35N5O/c1-6-28(7-2)23(29)25-17-11-18-19-8-15(13-26(3)4)9-20-22(19)16(12-24-20)10-21(18)27(5)14-17/h8-9,12,17-18,21,24H,6-7,10-11,13-14H2,1-5H3,(H,25,29)/t17-,18+,21+/m0/s1. The van der Waals surface area contributed by atoms with Crippen LogP contribution in [0.4, 0.5) is 4.79 Å².